The molecule has 0 saturated heterocycles. The van der Waals surface area contributed by atoms with Gasteiger partial charge in [0.05, 0.1) is 5.56 Å². The Morgan fingerprint density at radius 1 is 0.750 bits per heavy atom. The van der Waals surface area contributed by atoms with Crippen molar-refractivity contribution in [1.82, 2.24) is 0 Å². The number of carbonyl (C=O) groups excluding carboxylic acids is 3. The molecule has 2 unspecified atom stereocenters. The molecule has 4 aromatic rings. The summed E-state index contributed by atoms with van der Waals surface area (Å²) in [5.74, 6) is -3.65. The van der Waals surface area contributed by atoms with Gasteiger partial charge in [0.2, 0.25) is 6.10 Å². The maximum atomic E-state index is 14.2. The first-order chi connectivity index (χ1) is 18.9. The van der Waals surface area contributed by atoms with Crippen molar-refractivity contribution in [2.45, 2.75) is 45.6 Å². The molecular weight excluding hydrogens is 521 g/mol. The first kappa shape index (κ1) is 28.5. The molecule has 40 heavy (non-hydrogen) atoms. The van der Waals surface area contributed by atoms with Crippen LogP contribution in [0.1, 0.15) is 55.5 Å². The van der Waals surface area contributed by atoms with Gasteiger partial charge in [-0.1, -0.05) is 72.3 Å². The molecule has 5 nitrogen and oxygen atoms in total. The third-order valence-corrected chi connectivity index (χ3v) is 6.54. The molecule has 0 bridgehead atoms. The molecule has 0 aromatic heterocycles. The van der Waals surface area contributed by atoms with Gasteiger partial charge in [0.25, 0.3) is 5.78 Å². The Morgan fingerprint density at radius 2 is 1.35 bits per heavy atom. The monoisotopic (exact) mass is 548 g/mol. The van der Waals surface area contributed by atoms with E-state index in [2.05, 4.69) is 0 Å². The second-order valence-electron chi connectivity index (χ2n) is 9.64. The van der Waals surface area contributed by atoms with E-state index < -0.39 is 42.5 Å². The topological polar surface area (TPSA) is 69.7 Å². The lowest BCUT2D eigenvalue weighted by Crippen LogP contribution is -2.38. The Balaban J connectivity index is 1.66. The van der Waals surface area contributed by atoms with Crippen LogP contribution in [0.5, 0.6) is 0 Å². The first-order valence-corrected chi connectivity index (χ1v) is 12.6. The molecule has 0 saturated carbocycles. The molecule has 0 aliphatic carbocycles. The van der Waals surface area contributed by atoms with Crippen LogP contribution in [0.25, 0.3) is 10.8 Å². The van der Waals surface area contributed by atoms with E-state index in [1.165, 1.54) is 12.1 Å². The van der Waals surface area contributed by atoms with E-state index in [4.69, 9.17) is 9.47 Å². The molecule has 8 heteroatoms. The van der Waals surface area contributed by atoms with E-state index in [-0.39, 0.29) is 16.7 Å². The minimum absolute atomic E-state index is 0.00175. The van der Waals surface area contributed by atoms with Crippen LogP contribution in [0.4, 0.5) is 13.2 Å². The van der Waals surface area contributed by atoms with Crippen LogP contribution in [-0.2, 0) is 14.3 Å². The van der Waals surface area contributed by atoms with Gasteiger partial charge in [-0.2, -0.15) is 13.2 Å². The van der Waals surface area contributed by atoms with Crippen LogP contribution >= 0.6 is 0 Å². The number of alkyl halides is 3. The van der Waals surface area contributed by atoms with Crippen LogP contribution in [0, 0.1) is 20.8 Å². The Labute approximate surface area is 229 Å². The van der Waals surface area contributed by atoms with Crippen LogP contribution in [0.15, 0.2) is 84.9 Å². The average Bonchev–Trinajstić information content (AvgIpc) is 2.91. The van der Waals surface area contributed by atoms with Crippen LogP contribution in [0.3, 0.4) is 0 Å². The molecule has 4 rings (SSSR count). The molecule has 4 aromatic carbocycles. The number of carbonyl (C=O) groups is 3. The highest BCUT2D eigenvalue weighted by molar-refractivity contribution is 6.41. The molecular formula is C32H27F3O5. The molecule has 0 N–H and O–H groups in total. The van der Waals surface area contributed by atoms with Crippen LogP contribution in [-0.4, -0.2) is 30.0 Å². The maximum absolute atomic E-state index is 14.2. The number of ether oxygens (including phenoxy) is 2. The number of Topliss-reactive ketones (excluding diaryl/α,β-unsaturated/α-hetero) is 1. The summed E-state index contributed by atoms with van der Waals surface area (Å²) >= 11 is 0. The molecule has 0 radical (unpaired) electrons. The van der Waals surface area contributed by atoms with Crippen molar-refractivity contribution in [3.05, 3.63) is 118 Å². The Bertz CT molecular complexity index is 1540. The summed E-state index contributed by atoms with van der Waals surface area (Å²) in [5, 5.41) is 1.56. The smallest absolute Gasteiger partial charge is 0.425 e. The molecule has 206 valence electrons. The van der Waals surface area contributed by atoms with Crippen LogP contribution in [0.2, 0.25) is 0 Å². The van der Waals surface area contributed by atoms with Gasteiger partial charge in [-0.15, -0.1) is 0 Å². The molecule has 0 amide bonds. The van der Waals surface area contributed by atoms with E-state index in [9.17, 15) is 27.6 Å². The van der Waals surface area contributed by atoms with Crippen molar-refractivity contribution in [3.63, 3.8) is 0 Å². The van der Waals surface area contributed by atoms with Crippen LogP contribution < -0.4 is 0 Å². The summed E-state index contributed by atoms with van der Waals surface area (Å²) in [6.45, 7) is 5.00. The molecule has 0 spiro atoms. The van der Waals surface area contributed by atoms with Gasteiger partial charge in [0.1, 0.15) is 6.10 Å². The number of esters is 2. The highest BCUT2D eigenvalue weighted by Gasteiger charge is 2.46. The van der Waals surface area contributed by atoms with E-state index >= 15 is 0 Å². The Hall–Kier alpha value is -4.46. The van der Waals surface area contributed by atoms with Gasteiger partial charge in [-0.05, 0) is 66.4 Å². The summed E-state index contributed by atoms with van der Waals surface area (Å²) in [6.07, 6.45) is -10.1. The normalized spacial score (nSPS) is 12.9. The molecule has 2 atom stereocenters. The number of rotatable bonds is 8. The summed E-state index contributed by atoms with van der Waals surface area (Å²) in [6, 6.07) is 23.3. The number of fused-ring (bicyclic) bond motifs is 1. The zero-order chi connectivity index (χ0) is 29.0. The molecule has 0 aliphatic heterocycles. The standard InChI is InChI=1S/C32H27F3O5/c1-19-15-20(2)28(21(3)16-19)29(36)31(38)40-27(32(33,34)35)18-26(39-30(37)23-10-5-4-6-11-23)25-14-13-22-9-7-8-12-24(22)17-25/h4-17,26-27H,18H2,1-3H3. The average molecular weight is 549 g/mol. The van der Waals surface area contributed by atoms with E-state index in [1.54, 1.807) is 81.4 Å². The predicted molar refractivity (Wildman–Crippen MR) is 144 cm³/mol. The predicted octanol–water partition coefficient (Wildman–Crippen LogP) is 7.41. The SMILES string of the molecule is Cc1cc(C)c(C(=O)C(=O)OC(CC(OC(=O)c2ccccc2)c2ccc3ccccc3c2)C(F)(F)F)c(C)c1. The first-order valence-electron chi connectivity index (χ1n) is 12.6. The minimum Gasteiger partial charge on any atom is -0.454 e. The summed E-state index contributed by atoms with van der Waals surface area (Å²) in [5.41, 5.74) is 2.17. The van der Waals surface area contributed by atoms with Crippen molar-refractivity contribution >= 4 is 28.5 Å². The summed E-state index contributed by atoms with van der Waals surface area (Å²) < 4.78 is 53.0. The van der Waals surface area contributed by atoms with Gasteiger partial charge in [0.15, 0.2) is 0 Å². The number of benzene rings is 4. The third-order valence-electron chi connectivity index (χ3n) is 6.54. The lowest BCUT2D eigenvalue weighted by atomic mass is 9.96. The van der Waals surface area contributed by atoms with Gasteiger partial charge in [-0.3, -0.25) is 4.79 Å². The quantitative estimate of drug-likeness (QED) is 0.130. The molecule has 0 heterocycles. The molecule has 0 fully saturated rings. The summed E-state index contributed by atoms with van der Waals surface area (Å²) in [4.78, 5) is 38.5. The van der Waals surface area contributed by atoms with Gasteiger partial charge in [-0.25, -0.2) is 9.59 Å². The second kappa shape index (κ2) is 11.7. The number of aryl methyl sites for hydroxylation is 3. The highest BCUT2D eigenvalue weighted by atomic mass is 19.4. The Morgan fingerprint density at radius 3 is 1.98 bits per heavy atom. The summed E-state index contributed by atoms with van der Waals surface area (Å²) in [7, 11) is 0. The van der Waals surface area contributed by atoms with E-state index in [0.29, 0.717) is 11.1 Å². The lowest BCUT2D eigenvalue weighted by molar-refractivity contribution is -0.224. The van der Waals surface area contributed by atoms with Crippen molar-refractivity contribution < 1.29 is 37.0 Å². The largest absolute Gasteiger partial charge is 0.454 e. The number of ketones is 1. The van der Waals surface area contributed by atoms with Gasteiger partial charge >= 0.3 is 18.1 Å². The number of halogens is 3. The second-order valence-corrected chi connectivity index (χ2v) is 9.64. The van der Waals surface area contributed by atoms with Gasteiger partial charge in [0, 0.05) is 12.0 Å². The van der Waals surface area contributed by atoms with Gasteiger partial charge < -0.3 is 9.47 Å². The fraction of sp³-hybridized carbons (Fsp3) is 0.219. The lowest BCUT2D eigenvalue weighted by Gasteiger charge is -2.26. The highest BCUT2D eigenvalue weighted by Crippen LogP contribution is 2.35. The van der Waals surface area contributed by atoms with Crippen molar-refractivity contribution in [2.75, 3.05) is 0 Å². The maximum Gasteiger partial charge on any atom is 0.425 e. The fourth-order valence-electron chi connectivity index (χ4n) is 4.70. The fourth-order valence-corrected chi connectivity index (χ4v) is 4.70. The third kappa shape index (κ3) is 6.57. The minimum atomic E-state index is -5.04. The van der Waals surface area contributed by atoms with Crippen molar-refractivity contribution in [1.29, 1.82) is 0 Å². The van der Waals surface area contributed by atoms with E-state index in [0.717, 1.165) is 16.3 Å². The van der Waals surface area contributed by atoms with Crippen molar-refractivity contribution in [3.8, 4) is 0 Å². The van der Waals surface area contributed by atoms with Crippen molar-refractivity contribution in [2.24, 2.45) is 0 Å². The zero-order valence-electron chi connectivity index (χ0n) is 22.1. The molecule has 0 aliphatic rings. The van der Waals surface area contributed by atoms with E-state index in [1.807, 2.05) is 12.1 Å². The number of hydrogen-bond donors (Lipinski definition) is 0. The Kier molecular flexibility index (Phi) is 8.38. The zero-order valence-corrected chi connectivity index (χ0v) is 22.1. The number of hydrogen-bond acceptors (Lipinski definition) is 5.